The van der Waals surface area contributed by atoms with Gasteiger partial charge in [-0.15, -0.1) is 0 Å². The van der Waals surface area contributed by atoms with Crippen molar-refractivity contribution in [1.82, 2.24) is 0 Å². The molecule has 0 spiro atoms. The first-order chi connectivity index (χ1) is 23.6. The van der Waals surface area contributed by atoms with Gasteiger partial charge in [0.25, 0.3) is 0 Å². The highest BCUT2D eigenvalue weighted by Crippen LogP contribution is 2.67. The molecule has 8 unspecified atom stereocenters. The average Bonchev–Trinajstić information content (AvgIpc) is 3.67. The molecular formula is C36H34F6O8. The molecule has 6 rings (SSSR count). The van der Waals surface area contributed by atoms with E-state index in [1.807, 2.05) is 12.1 Å². The van der Waals surface area contributed by atoms with Gasteiger partial charge in [0, 0.05) is 17.4 Å². The van der Waals surface area contributed by atoms with Crippen LogP contribution in [0.25, 0.3) is 6.08 Å². The first kappa shape index (κ1) is 35.5. The minimum atomic E-state index is -6.16. The lowest BCUT2D eigenvalue weighted by molar-refractivity contribution is -0.379. The van der Waals surface area contributed by atoms with Gasteiger partial charge in [-0.3, -0.25) is 19.2 Å². The Labute approximate surface area is 283 Å². The molecule has 4 aliphatic rings. The molecule has 8 nitrogen and oxygen atoms in total. The molecule has 0 amide bonds. The molecule has 0 N–H and O–H groups in total. The summed E-state index contributed by atoms with van der Waals surface area (Å²) in [6.45, 7) is 4.99. The lowest BCUT2D eigenvalue weighted by Gasteiger charge is -2.41. The third kappa shape index (κ3) is 5.45. The van der Waals surface area contributed by atoms with E-state index in [-0.39, 0.29) is 13.0 Å². The van der Waals surface area contributed by atoms with Gasteiger partial charge in [0.1, 0.15) is 18.8 Å². The van der Waals surface area contributed by atoms with Crippen LogP contribution in [0.1, 0.15) is 55.7 Å². The summed E-state index contributed by atoms with van der Waals surface area (Å²) in [6, 6.07) is 11.3. The van der Waals surface area contributed by atoms with Crippen molar-refractivity contribution in [3.05, 3.63) is 77.9 Å². The largest absolute Gasteiger partial charge is 0.461 e. The number of benzene rings is 2. The van der Waals surface area contributed by atoms with Gasteiger partial charge in [0.15, 0.2) is 5.41 Å². The van der Waals surface area contributed by atoms with E-state index >= 15 is 0 Å². The molecule has 8 atom stereocenters. The number of esters is 4. The van der Waals surface area contributed by atoms with E-state index in [0.717, 1.165) is 23.3 Å². The normalized spacial score (nSPS) is 30.4. The van der Waals surface area contributed by atoms with E-state index in [4.69, 9.17) is 14.2 Å². The first-order valence-corrected chi connectivity index (χ1v) is 16.3. The Morgan fingerprint density at radius 3 is 2.10 bits per heavy atom. The van der Waals surface area contributed by atoms with E-state index in [2.05, 4.69) is 11.3 Å². The van der Waals surface area contributed by atoms with Crippen LogP contribution in [0, 0.1) is 35.0 Å². The molecule has 0 aromatic heterocycles. The number of fused-ring (bicyclic) bond motifs is 1. The Morgan fingerprint density at radius 1 is 0.920 bits per heavy atom. The molecule has 2 aromatic rings. The molecule has 1 heterocycles. The molecule has 14 heteroatoms. The maximum absolute atomic E-state index is 14.5. The van der Waals surface area contributed by atoms with Crippen LogP contribution in [0.5, 0.6) is 0 Å². The van der Waals surface area contributed by atoms with Gasteiger partial charge >= 0.3 is 41.8 Å². The van der Waals surface area contributed by atoms with Crippen molar-refractivity contribution in [1.29, 1.82) is 0 Å². The minimum Gasteiger partial charge on any atom is -0.461 e. The van der Waals surface area contributed by atoms with Gasteiger partial charge in [-0.1, -0.05) is 87.0 Å². The minimum absolute atomic E-state index is 0.0249. The lowest BCUT2D eigenvalue weighted by Crippen LogP contribution is -2.60. The number of rotatable bonds is 9. The van der Waals surface area contributed by atoms with Crippen molar-refractivity contribution < 1.29 is 64.5 Å². The Hall–Kier alpha value is -4.36. The van der Waals surface area contributed by atoms with E-state index in [9.17, 15) is 45.5 Å². The first-order valence-electron chi connectivity index (χ1n) is 16.3. The second-order valence-electron chi connectivity index (χ2n) is 13.4. The smallest absolute Gasteiger partial charge is 0.442 e. The number of ether oxygens (including phenoxy) is 4. The summed E-state index contributed by atoms with van der Waals surface area (Å²) in [7, 11) is 0. The van der Waals surface area contributed by atoms with Gasteiger partial charge in [-0.2, -0.15) is 26.3 Å². The maximum atomic E-state index is 14.5. The SMILES string of the molecule is C=Cc1ccc(COC(=O)C2CCCCC2C(=O)OC2C3CC4C2OC(=O)C4(C(=O)OC(c2ccccc2)(C(F)(F)F)C(F)(F)F)C3C)cc1. The highest BCUT2D eigenvalue weighted by atomic mass is 19.4. The van der Waals surface area contributed by atoms with Crippen LogP contribution >= 0.6 is 0 Å². The fourth-order valence-electron chi connectivity index (χ4n) is 8.41. The summed E-state index contributed by atoms with van der Waals surface area (Å²) < 4.78 is 108. The summed E-state index contributed by atoms with van der Waals surface area (Å²) in [5.41, 5.74) is -7.34. The van der Waals surface area contributed by atoms with Crippen LogP contribution in [0.3, 0.4) is 0 Å². The Morgan fingerprint density at radius 2 is 1.52 bits per heavy atom. The predicted molar refractivity (Wildman–Crippen MR) is 161 cm³/mol. The topological polar surface area (TPSA) is 105 Å². The molecule has 3 saturated carbocycles. The summed E-state index contributed by atoms with van der Waals surface area (Å²) in [6.07, 6.45) is -11.2. The molecule has 1 saturated heterocycles. The third-order valence-electron chi connectivity index (χ3n) is 11.0. The van der Waals surface area contributed by atoms with E-state index in [0.29, 0.717) is 37.8 Å². The molecule has 2 aromatic carbocycles. The number of hydrogen-bond acceptors (Lipinski definition) is 8. The zero-order valence-corrected chi connectivity index (χ0v) is 26.8. The summed E-state index contributed by atoms with van der Waals surface area (Å²) in [5, 5.41) is 0. The van der Waals surface area contributed by atoms with Crippen LogP contribution < -0.4 is 0 Å². The fraction of sp³-hybridized carbons (Fsp3) is 0.500. The molecule has 268 valence electrons. The van der Waals surface area contributed by atoms with E-state index in [1.54, 1.807) is 18.2 Å². The van der Waals surface area contributed by atoms with Crippen molar-refractivity contribution in [2.75, 3.05) is 0 Å². The van der Waals surface area contributed by atoms with Crippen LogP contribution in [0.4, 0.5) is 26.3 Å². The molecule has 1 aliphatic heterocycles. The Bertz CT molecular complexity index is 1640. The third-order valence-corrected chi connectivity index (χ3v) is 11.0. The van der Waals surface area contributed by atoms with E-state index < -0.39 is 94.6 Å². The van der Waals surface area contributed by atoms with Crippen LogP contribution in [0.2, 0.25) is 0 Å². The fourth-order valence-corrected chi connectivity index (χ4v) is 8.41. The van der Waals surface area contributed by atoms with Crippen molar-refractivity contribution >= 4 is 30.0 Å². The quantitative estimate of drug-likeness (QED) is 0.121. The lowest BCUT2D eigenvalue weighted by atomic mass is 9.66. The second kappa shape index (κ2) is 12.8. The molecule has 50 heavy (non-hydrogen) atoms. The van der Waals surface area contributed by atoms with Crippen LogP contribution in [-0.2, 0) is 50.3 Å². The van der Waals surface area contributed by atoms with Crippen molar-refractivity contribution in [3.63, 3.8) is 0 Å². The number of carbonyl (C=O) groups is 4. The highest BCUT2D eigenvalue weighted by Gasteiger charge is 2.82. The standard InChI is InChI=1S/C36H34F6O8/c1-3-20-13-15-21(16-14-20)18-47-29(43)23-11-7-8-12-24(23)30(44)48-27-25-17-26-28(27)49-31(45)33(26,19(25)2)32(46)50-34(35(37,38)39,36(40,41)42)22-9-5-4-6-10-22/h3-6,9-10,13-16,19,23-28H,1,7-8,11-12,17-18H2,2H3. The summed E-state index contributed by atoms with van der Waals surface area (Å²) >= 11 is 0. The predicted octanol–water partition coefficient (Wildman–Crippen LogP) is 6.85. The Kier molecular flexibility index (Phi) is 9.05. The Balaban J connectivity index is 1.20. The number of hydrogen-bond donors (Lipinski definition) is 0. The van der Waals surface area contributed by atoms with Crippen molar-refractivity contribution in [2.24, 2.45) is 35.0 Å². The highest BCUT2D eigenvalue weighted by molar-refractivity contribution is 6.03. The van der Waals surface area contributed by atoms with Crippen LogP contribution in [-0.4, -0.2) is 48.4 Å². The molecule has 4 fully saturated rings. The summed E-state index contributed by atoms with van der Waals surface area (Å²) in [5.74, 6) is -9.68. The van der Waals surface area contributed by atoms with Gasteiger partial charge < -0.3 is 18.9 Å². The summed E-state index contributed by atoms with van der Waals surface area (Å²) in [4.78, 5) is 53.9. The number of alkyl halides is 6. The van der Waals surface area contributed by atoms with E-state index in [1.165, 1.54) is 13.0 Å². The van der Waals surface area contributed by atoms with Gasteiger partial charge in [0.2, 0.25) is 0 Å². The van der Waals surface area contributed by atoms with Crippen molar-refractivity contribution in [3.8, 4) is 0 Å². The molecule has 3 aliphatic carbocycles. The number of carbonyl (C=O) groups excluding carboxylic acids is 4. The zero-order valence-electron chi connectivity index (χ0n) is 26.8. The van der Waals surface area contributed by atoms with Crippen molar-refractivity contribution in [2.45, 2.75) is 75.8 Å². The average molecular weight is 709 g/mol. The molecular weight excluding hydrogens is 674 g/mol. The number of halogens is 6. The monoisotopic (exact) mass is 708 g/mol. The second-order valence-corrected chi connectivity index (χ2v) is 13.4. The molecule has 2 bridgehead atoms. The van der Waals surface area contributed by atoms with Gasteiger partial charge in [0.05, 0.1) is 11.8 Å². The van der Waals surface area contributed by atoms with Gasteiger partial charge in [-0.05, 0) is 36.3 Å². The van der Waals surface area contributed by atoms with Gasteiger partial charge in [-0.25, -0.2) is 0 Å². The zero-order chi connectivity index (χ0) is 36.2. The molecule has 0 radical (unpaired) electrons. The maximum Gasteiger partial charge on any atom is 0.442 e. The van der Waals surface area contributed by atoms with Crippen LogP contribution in [0.15, 0.2) is 61.2 Å².